The lowest BCUT2D eigenvalue weighted by atomic mass is 10.0. The Bertz CT molecular complexity index is 743. The van der Waals surface area contributed by atoms with Gasteiger partial charge in [0.2, 0.25) is 5.91 Å². The van der Waals surface area contributed by atoms with Gasteiger partial charge in [-0.3, -0.25) is 4.79 Å². The Kier molecular flexibility index (Phi) is 4.42. The van der Waals surface area contributed by atoms with Crippen LogP contribution in [0.2, 0.25) is 0 Å². The molecular weight excluding hydrogens is 290 g/mol. The molecule has 6 heteroatoms. The molecule has 2 aromatic carbocycles. The smallest absolute Gasteiger partial charge is 0.250 e. The molecule has 1 amide bonds. The fraction of sp³-hybridized carbons (Fsp3) is 0.176. The first-order valence-electron chi connectivity index (χ1n) is 7.38. The number of hydrogen-bond donors (Lipinski definition) is 1. The van der Waals surface area contributed by atoms with Crippen LogP contribution in [-0.4, -0.2) is 26.1 Å². The molecule has 0 aliphatic heterocycles. The predicted octanol–water partition coefficient (Wildman–Crippen LogP) is 2.14. The number of carbonyl (C=O) groups is 1. The summed E-state index contributed by atoms with van der Waals surface area (Å²) >= 11 is 0. The van der Waals surface area contributed by atoms with Crippen molar-refractivity contribution in [2.75, 3.05) is 0 Å². The highest BCUT2D eigenvalue weighted by molar-refractivity contribution is 5.83. The van der Waals surface area contributed by atoms with E-state index in [9.17, 15) is 4.79 Å². The molecule has 0 unspecified atom stereocenters. The number of amides is 1. The van der Waals surface area contributed by atoms with E-state index in [-0.39, 0.29) is 11.9 Å². The molecule has 0 bridgehead atoms. The van der Waals surface area contributed by atoms with E-state index in [0.717, 1.165) is 11.1 Å². The zero-order chi connectivity index (χ0) is 16.1. The maximum absolute atomic E-state index is 12.8. The molecule has 0 aliphatic rings. The van der Waals surface area contributed by atoms with Crippen molar-refractivity contribution in [2.24, 2.45) is 0 Å². The van der Waals surface area contributed by atoms with E-state index in [1.54, 1.807) is 0 Å². The maximum atomic E-state index is 12.8. The second-order valence-corrected chi connectivity index (χ2v) is 5.24. The third-order valence-electron chi connectivity index (χ3n) is 3.65. The molecule has 0 saturated carbocycles. The van der Waals surface area contributed by atoms with Gasteiger partial charge in [0.1, 0.15) is 6.33 Å². The van der Waals surface area contributed by atoms with Gasteiger partial charge in [-0.15, -0.1) is 5.10 Å². The van der Waals surface area contributed by atoms with Crippen molar-refractivity contribution in [1.29, 1.82) is 0 Å². The quantitative estimate of drug-likeness (QED) is 0.784. The van der Waals surface area contributed by atoms with E-state index in [2.05, 4.69) is 20.8 Å². The van der Waals surface area contributed by atoms with E-state index in [1.807, 2.05) is 67.6 Å². The van der Waals surface area contributed by atoms with Crippen molar-refractivity contribution >= 4 is 5.91 Å². The SMILES string of the molecule is C[C@H](NC(=O)[C@@H](c1ccccc1)n1cnnn1)c1ccccc1. The van der Waals surface area contributed by atoms with Crippen LogP contribution in [0.3, 0.4) is 0 Å². The summed E-state index contributed by atoms with van der Waals surface area (Å²) in [5.74, 6) is -0.153. The number of rotatable bonds is 5. The number of nitrogens with one attached hydrogen (secondary N) is 1. The van der Waals surface area contributed by atoms with Gasteiger partial charge in [0.15, 0.2) is 6.04 Å². The van der Waals surface area contributed by atoms with Crippen LogP contribution in [0.15, 0.2) is 67.0 Å². The number of nitrogens with zero attached hydrogens (tertiary/aromatic N) is 4. The minimum Gasteiger partial charge on any atom is -0.347 e. The van der Waals surface area contributed by atoms with Gasteiger partial charge in [0.05, 0.1) is 6.04 Å². The van der Waals surface area contributed by atoms with Gasteiger partial charge in [-0.1, -0.05) is 60.7 Å². The molecule has 3 rings (SSSR count). The fourth-order valence-corrected chi connectivity index (χ4v) is 2.46. The third-order valence-corrected chi connectivity index (χ3v) is 3.65. The zero-order valence-electron chi connectivity index (χ0n) is 12.7. The summed E-state index contributed by atoms with van der Waals surface area (Å²) in [5, 5.41) is 14.2. The minimum atomic E-state index is -0.600. The van der Waals surface area contributed by atoms with Gasteiger partial charge in [0.25, 0.3) is 0 Å². The number of benzene rings is 2. The highest BCUT2D eigenvalue weighted by Crippen LogP contribution is 2.19. The van der Waals surface area contributed by atoms with E-state index in [4.69, 9.17) is 0 Å². The first-order chi connectivity index (χ1) is 11.3. The van der Waals surface area contributed by atoms with Crippen molar-refractivity contribution in [3.63, 3.8) is 0 Å². The van der Waals surface area contributed by atoms with Crippen LogP contribution < -0.4 is 5.32 Å². The molecule has 0 aliphatic carbocycles. The Balaban J connectivity index is 1.84. The summed E-state index contributed by atoms with van der Waals surface area (Å²) < 4.78 is 1.46. The molecular formula is C17H17N5O. The van der Waals surface area contributed by atoms with E-state index in [1.165, 1.54) is 11.0 Å². The molecule has 6 nitrogen and oxygen atoms in total. The van der Waals surface area contributed by atoms with Crippen molar-refractivity contribution < 1.29 is 4.79 Å². The normalized spacial score (nSPS) is 13.3. The van der Waals surface area contributed by atoms with Gasteiger partial charge in [-0.2, -0.15) is 0 Å². The summed E-state index contributed by atoms with van der Waals surface area (Å²) in [6, 6.07) is 18.6. The van der Waals surface area contributed by atoms with Crippen LogP contribution in [-0.2, 0) is 4.79 Å². The van der Waals surface area contributed by atoms with Gasteiger partial charge in [-0.25, -0.2) is 4.68 Å². The second kappa shape index (κ2) is 6.83. The van der Waals surface area contributed by atoms with Gasteiger partial charge < -0.3 is 5.32 Å². The molecule has 1 heterocycles. The second-order valence-electron chi connectivity index (χ2n) is 5.24. The molecule has 1 aromatic heterocycles. The van der Waals surface area contributed by atoms with Crippen LogP contribution in [0.25, 0.3) is 0 Å². The number of hydrogen-bond acceptors (Lipinski definition) is 4. The summed E-state index contributed by atoms with van der Waals surface area (Å²) in [5.41, 5.74) is 1.88. The molecule has 0 saturated heterocycles. The highest BCUT2D eigenvalue weighted by atomic mass is 16.2. The minimum absolute atomic E-state index is 0.105. The van der Waals surface area contributed by atoms with Crippen molar-refractivity contribution in [3.05, 3.63) is 78.1 Å². The zero-order valence-corrected chi connectivity index (χ0v) is 12.7. The Hall–Kier alpha value is -3.02. The monoisotopic (exact) mass is 307 g/mol. The standard InChI is InChI=1S/C17H17N5O/c1-13(14-8-4-2-5-9-14)19-17(23)16(22-12-18-20-21-22)15-10-6-3-7-11-15/h2-13,16H,1H3,(H,19,23)/t13-,16+/m0/s1. The Labute approximate surface area is 134 Å². The maximum Gasteiger partial charge on any atom is 0.250 e. The summed E-state index contributed by atoms with van der Waals surface area (Å²) in [4.78, 5) is 12.8. The summed E-state index contributed by atoms with van der Waals surface area (Å²) in [7, 11) is 0. The van der Waals surface area contributed by atoms with Crippen LogP contribution in [0.5, 0.6) is 0 Å². The van der Waals surface area contributed by atoms with Crippen LogP contribution >= 0.6 is 0 Å². The topological polar surface area (TPSA) is 72.7 Å². The Morgan fingerprint density at radius 2 is 1.61 bits per heavy atom. The van der Waals surface area contributed by atoms with Crippen LogP contribution in [0.1, 0.15) is 30.1 Å². The lowest BCUT2D eigenvalue weighted by Gasteiger charge is -2.20. The lowest BCUT2D eigenvalue weighted by Crippen LogP contribution is -2.35. The Morgan fingerprint density at radius 3 is 2.17 bits per heavy atom. The van der Waals surface area contributed by atoms with Crippen molar-refractivity contribution in [1.82, 2.24) is 25.5 Å². The van der Waals surface area contributed by atoms with Crippen molar-refractivity contribution in [3.8, 4) is 0 Å². The number of aromatic nitrogens is 4. The fourth-order valence-electron chi connectivity index (χ4n) is 2.46. The molecule has 23 heavy (non-hydrogen) atoms. The molecule has 116 valence electrons. The van der Waals surface area contributed by atoms with Gasteiger partial charge in [0, 0.05) is 0 Å². The average Bonchev–Trinajstić information content (AvgIpc) is 3.11. The molecule has 2 atom stereocenters. The summed E-state index contributed by atoms with van der Waals surface area (Å²) in [6.45, 7) is 1.95. The average molecular weight is 307 g/mol. The van der Waals surface area contributed by atoms with Gasteiger partial charge in [-0.05, 0) is 28.5 Å². The van der Waals surface area contributed by atoms with Gasteiger partial charge >= 0.3 is 0 Å². The number of tetrazole rings is 1. The molecule has 0 radical (unpaired) electrons. The number of carbonyl (C=O) groups excluding carboxylic acids is 1. The van der Waals surface area contributed by atoms with Crippen LogP contribution in [0.4, 0.5) is 0 Å². The molecule has 1 N–H and O–H groups in total. The van der Waals surface area contributed by atoms with Crippen LogP contribution in [0, 0.1) is 0 Å². The van der Waals surface area contributed by atoms with E-state index in [0.29, 0.717) is 0 Å². The highest BCUT2D eigenvalue weighted by Gasteiger charge is 2.25. The summed E-state index contributed by atoms with van der Waals surface area (Å²) in [6.07, 6.45) is 1.45. The molecule has 0 fully saturated rings. The van der Waals surface area contributed by atoms with Crippen molar-refractivity contribution in [2.45, 2.75) is 19.0 Å². The molecule has 0 spiro atoms. The lowest BCUT2D eigenvalue weighted by molar-refractivity contribution is -0.124. The molecule has 3 aromatic rings. The first-order valence-corrected chi connectivity index (χ1v) is 7.38. The third kappa shape index (κ3) is 3.42. The van der Waals surface area contributed by atoms with E-state index < -0.39 is 6.04 Å². The van der Waals surface area contributed by atoms with E-state index >= 15 is 0 Å². The first kappa shape index (κ1) is 14.9. The largest absolute Gasteiger partial charge is 0.347 e. The predicted molar refractivity (Wildman–Crippen MR) is 85.4 cm³/mol. The Morgan fingerprint density at radius 1 is 1.00 bits per heavy atom.